The molecule has 1 aliphatic rings. The summed E-state index contributed by atoms with van der Waals surface area (Å²) in [5.41, 5.74) is -1.73. The van der Waals surface area contributed by atoms with Gasteiger partial charge in [0.15, 0.2) is 5.96 Å². The molecule has 2 N–H and O–H groups in total. The van der Waals surface area contributed by atoms with Crippen molar-refractivity contribution in [3.05, 3.63) is 71.0 Å². The minimum Gasteiger partial charge on any atom is -0.346 e. The Kier molecular flexibility index (Phi) is 4.45. The van der Waals surface area contributed by atoms with Crippen molar-refractivity contribution in [2.45, 2.75) is 24.6 Å². The average Bonchev–Trinajstić information content (AvgIpc) is 2.60. The summed E-state index contributed by atoms with van der Waals surface area (Å²) in [6, 6.07) is 10.0. The quantitative estimate of drug-likeness (QED) is 0.779. The van der Waals surface area contributed by atoms with E-state index in [4.69, 9.17) is 5.41 Å². The molecule has 0 radical (unpaired) electrons. The van der Waals surface area contributed by atoms with E-state index in [0.717, 1.165) is 17.0 Å². The van der Waals surface area contributed by atoms with Crippen molar-refractivity contribution in [3.63, 3.8) is 0 Å². The Morgan fingerprint density at radius 3 is 2.26 bits per heavy atom. The molecular formula is C19H17F4N3O. The summed E-state index contributed by atoms with van der Waals surface area (Å²) >= 11 is 0. The van der Waals surface area contributed by atoms with Gasteiger partial charge in [-0.15, -0.1) is 0 Å². The van der Waals surface area contributed by atoms with Crippen molar-refractivity contribution in [1.29, 1.82) is 5.41 Å². The lowest BCUT2D eigenvalue weighted by Gasteiger charge is -2.46. The normalized spacial score (nSPS) is 23.3. The molecule has 0 bridgehead atoms. The number of carbonyl (C=O) groups excluding carboxylic acids is 1. The Bertz CT molecular complexity index is 895. The second-order valence-corrected chi connectivity index (χ2v) is 6.61. The molecule has 8 heteroatoms. The van der Waals surface area contributed by atoms with Crippen LogP contribution in [0, 0.1) is 11.2 Å². The van der Waals surface area contributed by atoms with E-state index in [-0.39, 0.29) is 11.5 Å². The fourth-order valence-corrected chi connectivity index (χ4v) is 3.40. The van der Waals surface area contributed by atoms with Crippen molar-refractivity contribution in [2.24, 2.45) is 0 Å². The lowest BCUT2D eigenvalue weighted by Crippen LogP contribution is -2.62. The van der Waals surface area contributed by atoms with Gasteiger partial charge < -0.3 is 5.32 Å². The van der Waals surface area contributed by atoms with Crippen LogP contribution in [-0.2, 0) is 16.5 Å². The van der Waals surface area contributed by atoms with Gasteiger partial charge in [0.25, 0.3) is 0 Å². The summed E-state index contributed by atoms with van der Waals surface area (Å²) in [5.74, 6) is -2.32. The average molecular weight is 379 g/mol. The van der Waals surface area contributed by atoms with Crippen molar-refractivity contribution < 1.29 is 22.4 Å². The highest BCUT2D eigenvalue weighted by atomic mass is 19.4. The van der Waals surface area contributed by atoms with Gasteiger partial charge >= 0.3 is 6.18 Å². The number of rotatable bonds is 2. The largest absolute Gasteiger partial charge is 0.416 e. The molecule has 0 saturated carbocycles. The van der Waals surface area contributed by atoms with E-state index < -0.39 is 34.9 Å². The molecule has 0 aliphatic carbocycles. The molecule has 0 spiro atoms. The molecule has 2 atom stereocenters. The smallest absolute Gasteiger partial charge is 0.346 e. The van der Waals surface area contributed by atoms with E-state index in [0.29, 0.717) is 5.56 Å². The molecule has 0 unspecified atom stereocenters. The van der Waals surface area contributed by atoms with Crippen LogP contribution in [0.1, 0.15) is 29.5 Å². The van der Waals surface area contributed by atoms with Crippen LogP contribution in [0.5, 0.6) is 0 Å². The standard InChI is InChI=1S/C19H17F4N3O/c1-18(13-5-3-4-6-14(13)20)15(16(27)26(2)17(24)25-18)11-7-9-12(10-8-11)19(21,22)23/h3-10,15H,1-2H3,(H2,24,25)/t15-,18+/m0/s1. The molecule has 142 valence electrons. The number of carbonyl (C=O) groups is 1. The molecule has 3 rings (SSSR count). The predicted octanol–water partition coefficient (Wildman–Crippen LogP) is 3.84. The molecule has 1 heterocycles. The number of alkyl halides is 3. The zero-order valence-corrected chi connectivity index (χ0v) is 14.6. The molecular weight excluding hydrogens is 362 g/mol. The maximum Gasteiger partial charge on any atom is 0.416 e. The summed E-state index contributed by atoms with van der Waals surface area (Å²) < 4.78 is 53.1. The number of nitrogens with one attached hydrogen (secondary N) is 2. The summed E-state index contributed by atoms with van der Waals surface area (Å²) in [5, 5.41) is 10.8. The van der Waals surface area contributed by atoms with Gasteiger partial charge in [0.1, 0.15) is 5.82 Å². The van der Waals surface area contributed by atoms with Gasteiger partial charge in [0, 0.05) is 12.6 Å². The van der Waals surface area contributed by atoms with Crippen LogP contribution in [0.4, 0.5) is 17.6 Å². The monoisotopic (exact) mass is 379 g/mol. The first kappa shape index (κ1) is 18.9. The number of benzene rings is 2. The third-order valence-corrected chi connectivity index (χ3v) is 4.87. The summed E-state index contributed by atoms with van der Waals surface area (Å²) in [4.78, 5) is 14.0. The zero-order chi connectivity index (χ0) is 20.0. The molecule has 2 aromatic carbocycles. The highest BCUT2D eigenvalue weighted by molar-refractivity contribution is 6.02. The summed E-state index contributed by atoms with van der Waals surface area (Å²) in [7, 11) is 1.38. The summed E-state index contributed by atoms with van der Waals surface area (Å²) in [6.45, 7) is 1.56. The fraction of sp³-hybridized carbons (Fsp3) is 0.263. The maximum atomic E-state index is 14.5. The van der Waals surface area contributed by atoms with Crippen molar-refractivity contribution in [2.75, 3.05) is 7.05 Å². The van der Waals surface area contributed by atoms with E-state index in [1.54, 1.807) is 13.0 Å². The number of halogens is 4. The van der Waals surface area contributed by atoms with Crippen LogP contribution in [0.3, 0.4) is 0 Å². The number of hydrogen-bond acceptors (Lipinski definition) is 2. The Balaban J connectivity index is 2.15. The van der Waals surface area contributed by atoms with Crippen LogP contribution in [0.25, 0.3) is 0 Å². The van der Waals surface area contributed by atoms with E-state index in [1.807, 2.05) is 0 Å². The van der Waals surface area contributed by atoms with E-state index in [2.05, 4.69) is 5.32 Å². The molecule has 4 nitrogen and oxygen atoms in total. The Morgan fingerprint density at radius 2 is 1.70 bits per heavy atom. The molecule has 1 fully saturated rings. The van der Waals surface area contributed by atoms with Crippen molar-refractivity contribution in [3.8, 4) is 0 Å². The Labute approximate surface area is 153 Å². The van der Waals surface area contributed by atoms with Gasteiger partial charge in [-0.1, -0.05) is 30.3 Å². The number of hydrogen-bond donors (Lipinski definition) is 2. The van der Waals surface area contributed by atoms with Gasteiger partial charge in [-0.3, -0.25) is 15.1 Å². The van der Waals surface area contributed by atoms with Gasteiger partial charge in [-0.05, 0) is 30.7 Å². The zero-order valence-electron chi connectivity index (χ0n) is 14.6. The van der Waals surface area contributed by atoms with Gasteiger partial charge in [-0.25, -0.2) is 4.39 Å². The molecule has 27 heavy (non-hydrogen) atoms. The Morgan fingerprint density at radius 1 is 1.11 bits per heavy atom. The Hall–Kier alpha value is -2.90. The SMILES string of the molecule is CN1C(=N)N[C@](C)(c2ccccc2F)[C@@H](c2ccc(C(F)(F)F)cc2)C1=O. The van der Waals surface area contributed by atoms with Crippen LogP contribution in [-0.4, -0.2) is 23.8 Å². The first-order chi connectivity index (χ1) is 12.6. The van der Waals surface area contributed by atoms with Gasteiger partial charge in [0.2, 0.25) is 5.91 Å². The third kappa shape index (κ3) is 3.15. The number of amides is 1. The topological polar surface area (TPSA) is 56.2 Å². The minimum atomic E-state index is -4.50. The second-order valence-electron chi connectivity index (χ2n) is 6.61. The number of guanidine groups is 1. The van der Waals surface area contributed by atoms with Gasteiger partial charge in [-0.2, -0.15) is 13.2 Å². The molecule has 1 aliphatic heterocycles. The number of likely N-dealkylation sites (N-methyl/N-ethyl adjacent to an activating group) is 1. The first-order valence-electron chi connectivity index (χ1n) is 8.12. The predicted molar refractivity (Wildman–Crippen MR) is 91.6 cm³/mol. The lowest BCUT2D eigenvalue weighted by atomic mass is 9.73. The minimum absolute atomic E-state index is 0.154. The number of nitrogens with zero attached hydrogens (tertiary/aromatic N) is 1. The highest BCUT2D eigenvalue weighted by Crippen LogP contribution is 2.42. The molecule has 1 amide bonds. The van der Waals surface area contributed by atoms with Gasteiger partial charge in [0.05, 0.1) is 17.0 Å². The van der Waals surface area contributed by atoms with Crippen LogP contribution in [0.15, 0.2) is 48.5 Å². The molecule has 0 aromatic heterocycles. The third-order valence-electron chi connectivity index (χ3n) is 4.87. The fourth-order valence-electron chi connectivity index (χ4n) is 3.40. The highest BCUT2D eigenvalue weighted by Gasteiger charge is 2.49. The molecule has 1 saturated heterocycles. The van der Waals surface area contributed by atoms with Crippen LogP contribution >= 0.6 is 0 Å². The van der Waals surface area contributed by atoms with E-state index in [1.165, 1.54) is 37.4 Å². The summed E-state index contributed by atoms with van der Waals surface area (Å²) in [6.07, 6.45) is -4.50. The van der Waals surface area contributed by atoms with Crippen LogP contribution < -0.4 is 5.32 Å². The molecule has 2 aromatic rings. The van der Waals surface area contributed by atoms with E-state index in [9.17, 15) is 22.4 Å². The maximum absolute atomic E-state index is 14.5. The lowest BCUT2D eigenvalue weighted by molar-refractivity contribution is -0.137. The van der Waals surface area contributed by atoms with Crippen LogP contribution in [0.2, 0.25) is 0 Å². The van der Waals surface area contributed by atoms with Crippen molar-refractivity contribution in [1.82, 2.24) is 10.2 Å². The second kappa shape index (κ2) is 6.37. The van der Waals surface area contributed by atoms with Crippen molar-refractivity contribution >= 4 is 11.9 Å². The first-order valence-corrected chi connectivity index (χ1v) is 8.12. The van der Waals surface area contributed by atoms with E-state index >= 15 is 0 Å².